The molecule has 0 spiro atoms. The van der Waals surface area contributed by atoms with Gasteiger partial charge in [0.1, 0.15) is 6.10 Å². The highest BCUT2D eigenvalue weighted by Gasteiger charge is 2.17. The molecular formula is C16H18Cl2N2O. The quantitative estimate of drug-likeness (QED) is 0.795. The minimum Gasteiger partial charge on any atom is -0.461 e. The predicted molar refractivity (Wildman–Crippen MR) is 85.3 cm³/mol. The summed E-state index contributed by atoms with van der Waals surface area (Å²) in [6.45, 7) is 0.655. The van der Waals surface area contributed by atoms with E-state index >= 15 is 0 Å². The van der Waals surface area contributed by atoms with Crippen molar-refractivity contribution in [3.63, 3.8) is 0 Å². The van der Waals surface area contributed by atoms with Gasteiger partial charge in [-0.1, -0.05) is 29.6 Å². The second-order valence-corrected chi connectivity index (χ2v) is 6.37. The van der Waals surface area contributed by atoms with Crippen molar-refractivity contribution in [2.24, 2.45) is 0 Å². The Bertz CT molecular complexity index is 586. The van der Waals surface area contributed by atoms with Gasteiger partial charge in [0, 0.05) is 22.4 Å². The van der Waals surface area contributed by atoms with Crippen molar-refractivity contribution in [1.82, 2.24) is 9.55 Å². The fraction of sp³-hybridized carbons (Fsp3) is 0.438. The van der Waals surface area contributed by atoms with Gasteiger partial charge in [0.15, 0.2) is 0 Å². The van der Waals surface area contributed by atoms with Crippen LogP contribution in [0.1, 0.15) is 37.7 Å². The van der Waals surface area contributed by atoms with Crippen LogP contribution in [0.2, 0.25) is 10.0 Å². The largest absolute Gasteiger partial charge is 0.461 e. The number of hydrogen-bond acceptors (Lipinski definition) is 2. The van der Waals surface area contributed by atoms with Crippen molar-refractivity contribution in [3.05, 3.63) is 46.2 Å². The molecule has 1 saturated carbocycles. The molecule has 0 saturated heterocycles. The van der Waals surface area contributed by atoms with E-state index in [0.717, 1.165) is 18.4 Å². The van der Waals surface area contributed by atoms with Crippen molar-refractivity contribution in [1.29, 1.82) is 0 Å². The zero-order valence-electron chi connectivity index (χ0n) is 11.8. The highest BCUT2D eigenvalue weighted by molar-refractivity contribution is 6.34. The van der Waals surface area contributed by atoms with Gasteiger partial charge in [-0.3, -0.25) is 4.57 Å². The number of ether oxygens (including phenoxy) is 1. The number of aromatic nitrogens is 2. The van der Waals surface area contributed by atoms with Gasteiger partial charge in [0.05, 0.1) is 6.54 Å². The second-order valence-electron chi connectivity index (χ2n) is 5.49. The Morgan fingerprint density at radius 2 is 1.81 bits per heavy atom. The molecule has 0 unspecified atom stereocenters. The van der Waals surface area contributed by atoms with Gasteiger partial charge < -0.3 is 4.74 Å². The molecule has 1 aromatic heterocycles. The van der Waals surface area contributed by atoms with E-state index in [0.29, 0.717) is 28.7 Å². The number of rotatable bonds is 4. The van der Waals surface area contributed by atoms with Crippen LogP contribution in [0.4, 0.5) is 0 Å². The lowest BCUT2D eigenvalue weighted by Crippen LogP contribution is -2.21. The summed E-state index contributed by atoms with van der Waals surface area (Å²) in [4.78, 5) is 4.33. The lowest BCUT2D eigenvalue weighted by atomic mass is 9.98. The summed E-state index contributed by atoms with van der Waals surface area (Å²) in [5.74, 6) is 0. The monoisotopic (exact) mass is 324 g/mol. The molecule has 0 N–H and O–H groups in total. The van der Waals surface area contributed by atoms with Crippen molar-refractivity contribution in [2.75, 3.05) is 0 Å². The Morgan fingerprint density at radius 3 is 2.52 bits per heavy atom. The molecule has 0 amide bonds. The third kappa shape index (κ3) is 3.92. The molecule has 1 aliphatic rings. The van der Waals surface area contributed by atoms with Gasteiger partial charge in [-0.15, -0.1) is 0 Å². The average molecular weight is 325 g/mol. The zero-order chi connectivity index (χ0) is 14.7. The topological polar surface area (TPSA) is 27.1 Å². The lowest BCUT2D eigenvalue weighted by Gasteiger charge is -2.22. The summed E-state index contributed by atoms with van der Waals surface area (Å²) in [6.07, 6.45) is 10.0. The van der Waals surface area contributed by atoms with Gasteiger partial charge in [-0.2, -0.15) is 0 Å². The van der Waals surface area contributed by atoms with Crippen LogP contribution in [0.3, 0.4) is 0 Å². The Hall–Kier alpha value is -1.19. The van der Waals surface area contributed by atoms with Crippen molar-refractivity contribution < 1.29 is 4.74 Å². The predicted octanol–water partition coefficient (Wildman–Crippen LogP) is 4.95. The van der Waals surface area contributed by atoms with E-state index in [1.807, 2.05) is 22.9 Å². The molecule has 2 aromatic rings. The van der Waals surface area contributed by atoms with Crippen LogP contribution in [0.5, 0.6) is 6.01 Å². The van der Waals surface area contributed by atoms with Crippen LogP contribution in [-0.4, -0.2) is 15.7 Å². The molecule has 1 aliphatic carbocycles. The van der Waals surface area contributed by atoms with Crippen LogP contribution in [0.15, 0.2) is 30.6 Å². The highest BCUT2D eigenvalue weighted by Crippen LogP contribution is 2.24. The van der Waals surface area contributed by atoms with Crippen LogP contribution in [0, 0.1) is 0 Å². The third-order valence-electron chi connectivity index (χ3n) is 3.78. The van der Waals surface area contributed by atoms with E-state index in [1.165, 1.54) is 19.3 Å². The smallest absolute Gasteiger partial charge is 0.296 e. The maximum absolute atomic E-state index is 6.05. The van der Waals surface area contributed by atoms with Crippen LogP contribution < -0.4 is 4.74 Å². The number of benzene rings is 1. The van der Waals surface area contributed by atoms with Gasteiger partial charge in [0.25, 0.3) is 6.01 Å². The first-order valence-corrected chi connectivity index (χ1v) is 8.09. The van der Waals surface area contributed by atoms with Gasteiger partial charge >= 0.3 is 0 Å². The van der Waals surface area contributed by atoms with E-state index in [2.05, 4.69) is 4.98 Å². The third-order valence-corrected chi connectivity index (χ3v) is 4.21. The molecule has 0 atom stereocenters. The summed E-state index contributed by atoms with van der Waals surface area (Å²) in [7, 11) is 0. The highest BCUT2D eigenvalue weighted by atomic mass is 35.5. The van der Waals surface area contributed by atoms with Crippen molar-refractivity contribution >= 4 is 23.2 Å². The van der Waals surface area contributed by atoms with E-state index in [-0.39, 0.29) is 0 Å². The Labute approximate surface area is 134 Å². The van der Waals surface area contributed by atoms with E-state index < -0.39 is 0 Å². The lowest BCUT2D eigenvalue weighted by molar-refractivity contribution is 0.136. The number of nitrogens with zero attached hydrogens (tertiary/aromatic N) is 2. The molecule has 1 heterocycles. The molecule has 3 rings (SSSR count). The molecule has 1 fully saturated rings. The summed E-state index contributed by atoms with van der Waals surface area (Å²) in [5, 5.41) is 1.29. The maximum Gasteiger partial charge on any atom is 0.296 e. The van der Waals surface area contributed by atoms with Crippen molar-refractivity contribution in [2.45, 2.75) is 44.8 Å². The van der Waals surface area contributed by atoms with E-state index in [4.69, 9.17) is 27.9 Å². The summed E-state index contributed by atoms with van der Waals surface area (Å²) < 4.78 is 8.04. The molecule has 0 bridgehead atoms. The maximum atomic E-state index is 6.05. The molecule has 21 heavy (non-hydrogen) atoms. The van der Waals surface area contributed by atoms with Gasteiger partial charge in [0.2, 0.25) is 0 Å². The number of hydrogen-bond donors (Lipinski definition) is 0. The average Bonchev–Trinajstić information content (AvgIpc) is 2.86. The fourth-order valence-corrected chi connectivity index (χ4v) is 3.34. The molecule has 0 radical (unpaired) electrons. The van der Waals surface area contributed by atoms with Crippen molar-refractivity contribution in [3.8, 4) is 6.01 Å². The number of halogens is 2. The van der Waals surface area contributed by atoms with Gasteiger partial charge in [-0.25, -0.2) is 4.98 Å². The molecule has 0 aliphatic heterocycles. The Morgan fingerprint density at radius 1 is 1.10 bits per heavy atom. The van der Waals surface area contributed by atoms with Crippen LogP contribution in [-0.2, 0) is 6.54 Å². The molecule has 3 nitrogen and oxygen atoms in total. The molecular weight excluding hydrogens is 307 g/mol. The normalized spacial score (nSPS) is 16.1. The minimum atomic E-state index is 0.294. The Kier molecular flexibility index (Phi) is 4.71. The zero-order valence-corrected chi connectivity index (χ0v) is 13.3. The van der Waals surface area contributed by atoms with Gasteiger partial charge in [-0.05, 0) is 49.4 Å². The SMILES string of the molecule is Clc1cc(Cl)cc(Cn2ccnc2OC2CCCCC2)c1. The molecule has 112 valence electrons. The number of imidazole rings is 1. The summed E-state index contributed by atoms with van der Waals surface area (Å²) >= 11 is 12.1. The second kappa shape index (κ2) is 6.71. The molecule has 1 aromatic carbocycles. The first kappa shape index (κ1) is 14.7. The first-order chi connectivity index (χ1) is 10.2. The van der Waals surface area contributed by atoms with E-state index in [1.54, 1.807) is 12.3 Å². The van der Waals surface area contributed by atoms with E-state index in [9.17, 15) is 0 Å². The van der Waals surface area contributed by atoms with Crippen LogP contribution >= 0.6 is 23.2 Å². The summed E-state index contributed by atoms with van der Waals surface area (Å²) in [6, 6.07) is 6.24. The first-order valence-electron chi connectivity index (χ1n) is 7.33. The minimum absolute atomic E-state index is 0.294. The fourth-order valence-electron chi connectivity index (χ4n) is 2.76. The molecule has 5 heteroatoms. The Balaban J connectivity index is 1.72. The summed E-state index contributed by atoms with van der Waals surface area (Å²) in [5.41, 5.74) is 1.04. The standard InChI is InChI=1S/C16H18Cl2N2O/c17-13-8-12(9-14(18)10-13)11-20-7-6-19-16(20)21-15-4-2-1-3-5-15/h6-10,15H,1-5,11H2. The van der Waals surface area contributed by atoms with Crippen LogP contribution in [0.25, 0.3) is 0 Å².